The molecule has 0 aliphatic heterocycles. The molecule has 0 saturated carbocycles. The minimum atomic E-state index is -1.05. The molecule has 4 aromatic rings. The first-order valence-corrected chi connectivity index (χ1v) is 10.4. The van der Waals surface area contributed by atoms with Crippen molar-refractivity contribution in [1.29, 1.82) is 0 Å². The smallest absolute Gasteiger partial charge is 0.328 e. The molecule has 4 rings (SSSR count). The predicted octanol–water partition coefficient (Wildman–Crippen LogP) is 6.18. The molecule has 3 aromatic carbocycles. The van der Waals surface area contributed by atoms with Crippen molar-refractivity contribution < 1.29 is 28.9 Å². The number of phenolic OH excluding ortho intramolecular Hbond substituents is 1. The van der Waals surface area contributed by atoms with Gasteiger partial charge in [-0.2, -0.15) is 0 Å². The van der Waals surface area contributed by atoms with Crippen molar-refractivity contribution in [2.45, 2.75) is 6.92 Å². The van der Waals surface area contributed by atoms with Crippen molar-refractivity contribution in [1.82, 2.24) is 0 Å². The number of aliphatic carboxylic acids is 1. The number of ketones is 1. The SMILES string of the molecule is Cc1ccc(F)cc1C(=O)c1sc2cc(O)ccc2c1Oc1ccc(C=CC(=O)O)cc1. The summed E-state index contributed by atoms with van der Waals surface area (Å²) < 4.78 is 20.5. The number of carboxylic acid groups (broad SMARTS) is 1. The Morgan fingerprint density at radius 1 is 1.03 bits per heavy atom. The molecule has 0 amide bonds. The van der Waals surface area contributed by atoms with Crippen molar-refractivity contribution in [3.05, 3.63) is 94.1 Å². The lowest BCUT2D eigenvalue weighted by Crippen LogP contribution is -2.04. The minimum absolute atomic E-state index is 0.0563. The van der Waals surface area contributed by atoms with E-state index in [0.29, 0.717) is 32.7 Å². The van der Waals surface area contributed by atoms with Crippen LogP contribution < -0.4 is 4.74 Å². The maximum atomic E-state index is 13.8. The van der Waals surface area contributed by atoms with Gasteiger partial charge in [-0.25, -0.2) is 9.18 Å². The zero-order chi connectivity index (χ0) is 22.8. The fraction of sp³-hybridized carbons (Fsp3) is 0.0400. The first-order chi connectivity index (χ1) is 15.3. The molecule has 0 unspecified atom stereocenters. The Labute approximate surface area is 186 Å². The number of hydrogen-bond acceptors (Lipinski definition) is 5. The third-order valence-electron chi connectivity index (χ3n) is 4.80. The molecular formula is C25H17FO5S. The van der Waals surface area contributed by atoms with Gasteiger partial charge in [-0.05, 0) is 66.6 Å². The number of benzene rings is 3. The molecule has 0 radical (unpaired) electrons. The van der Waals surface area contributed by atoms with Gasteiger partial charge >= 0.3 is 5.97 Å². The topological polar surface area (TPSA) is 83.8 Å². The van der Waals surface area contributed by atoms with E-state index in [2.05, 4.69) is 0 Å². The first kappa shape index (κ1) is 21.3. The largest absolute Gasteiger partial charge is 0.508 e. The number of carbonyl (C=O) groups excluding carboxylic acids is 1. The van der Waals surface area contributed by atoms with Crippen molar-refractivity contribution in [3.8, 4) is 17.2 Å². The molecule has 0 spiro atoms. The van der Waals surface area contributed by atoms with Gasteiger partial charge in [0.05, 0.1) is 0 Å². The summed E-state index contributed by atoms with van der Waals surface area (Å²) in [6.07, 6.45) is 2.49. The first-order valence-electron chi connectivity index (χ1n) is 9.57. The van der Waals surface area contributed by atoms with Crippen molar-refractivity contribution in [3.63, 3.8) is 0 Å². The Hall–Kier alpha value is -3.97. The van der Waals surface area contributed by atoms with Gasteiger partial charge in [0.2, 0.25) is 5.78 Å². The second kappa shape index (κ2) is 8.64. The Kier molecular flexibility index (Phi) is 5.75. The summed E-state index contributed by atoms with van der Waals surface area (Å²) in [5, 5.41) is 19.2. The maximum Gasteiger partial charge on any atom is 0.328 e. The Bertz CT molecular complexity index is 1370. The van der Waals surface area contributed by atoms with Gasteiger partial charge in [-0.15, -0.1) is 11.3 Å². The number of halogens is 1. The fourth-order valence-electron chi connectivity index (χ4n) is 3.21. The molecule has 0 atom stereocenters. The van der Waals surface area contributed by atoms with Gasteiger partial charge < -0.3 is 14.9 Å². The van der Waals surface area contributed by atoms with E-state index in [9.17, 15) is 19.1 Å². The Balaban J connectivity index is 1.77. The molecule has 1 heterocycles. The highest BCUT2D eigenvalue weighted by atomic mass is 32.1. The summed E-state index contributed by atoms with van der Waals surface area (Å²) in [7, 11) is 0. The number of rotatable bonds is 6. The molecule has 160 valence electrons. The van der Waals surface area contributed by atoms with Gasteiger partial charge in [-0.1, -0.05) is 18.2 Å². The number of carboxylic acids is 1. The van der Waals surface area contributed by atoms with E-state index < -0.39 is 11.8 Å². The summed E-state index contributed by atoms with van der Waals surface area (Å²) in [5.74, 6) is -1.12. The van der Waals surface area contributed by atoms with Crippen LogP contribution in [0.5, 0.6) is 17.2 Å². The number of phenols is 1. The molecule has 0 aliphatic rings. The van der Waals surface area contributed by atoms with Crippen molar-refractivity contribution in [2.75, 3.05) is 0 Å². The Morgan fingerprint density at radius 2 is 1.78 bits per heavy atom. The second-order valence-electron chi connectivity index (χ2n) is 7.07. The van der Waals surface area contributed by atoms with Crippen LogP contribution in [0, 0.1) is 12.7 Å². The Morgan fingerprint density at radius 3 is 2.50 bits per heavy atom. The molecule has 2 N–H and O–H groups in total. The van der Waals surface area contributed by atoms with Gasteiger partial charge in [0.15, 0.2) is 5.75 Å². The standard InChI is InChI=1S/C25H17FO5S/c1-14-2-6-16(26)12-20(14)23(30)25-24(19-10-7-17(27)13-21(19)32-25)31-18-8-3-15(4-9-18)5-11-22(28)29/h2-13,27H,1H3,(H,28,29). The van der Waals surface area contributed by atoms with Gasteiger partial charge in [-0.3, -0.25) is 4.79 Å². The number of aromatic hydroxyl groups is 1. The highest BCUT2D eigenvalue weighted by Gasteiger charge is 2.23. The quantitative estimate of drug-likeness (QED) is 0.272. The number of hydrogen-bond donors (Lipinski definition) is 2. The molecule has 0 fully saturated rings. The van der Waals surface area contributed by atoms with E-state index in [0.717, 1.165) is 17.4 Å². The molecule has 7 heteroatoms. The van der Waals surface area contributed by atoms with Crippen LogP contribution in [0.15, 0.2) is 66.7 Å². The van der Waals surface area contributed by atoms with E-state index in [1.807, 2.05) is 0 Å². The number of fused-ring (bicyclic) bond motifs is 1. The maximum absolute atomic E-state index is 13.8. The molecule has 32 heavy (non-hydrogen) atoms. The van der Waals surface area contributed by atoms with Crippen LogP contribution in [0.25, 0.3) is 16.2 Å². The number of ether oxygens (including phenoxy) is 1. The third-order valence-corrected chi connectivity index (χ3v) is 5.93. The van der Waals surface area contributed by atoms with E-state index in [-0.39, 0.29) is 22.0 Å². The highest BCUT2D eigenvalue weighted by molar-refractivity contribution is 7.21. The van der Waals surface area contributed by atoms with Crippen molar-refractivity contribution >= 4 is 39.3 Å². The highest BCUT2D eigenvalue weighted by Crippen LogP contribution is 2.43. The molecular weight excluding hydrogens is 431 g/mol. The number of thiophene rings is 1. The summed E-state index contributed by atoms with van der Waals surface area (Å²) in [6, 6.07) is 15.5. The van der Waals surface area contributed by atoms with E-state index in [1.165, 1.54) is 24.3 Å². The van der Waals surface area contributed by atoms with Gasteiger partial charge in [0.25, 0.3) is 0 Å². The van der Waals surface area contributed by atoms with Gasteiger partial charge in [0, 0.05) is 21.7 Å². The van der Waals surface area contributed by atoms with Gasteiger partial charge in [0.1, 0.15) is 22.2 Å². The average molecular weight is 448 g/mol. The summed E-state index contributed by atoms with van der Waals surface area (Å²) in [6.45, 7) is 1.73. The van der Waals surface area contributed by atoms with Crippen LogP contribution in [0.4, 0.5) is 4.39 Å². The zero-order valence-corrected chi connectivity index (χ0v) is 17.7. The summed E-state index contributed by atoms with van der Waals surface area (Å²) in [4.78, 5) is 24.3. The van der Waals surface area contributed by atoms with Crippen LogP contribution in [0.3, 0.4) is 0 Å². The van der Waals surface area contributed by atoms with E-state index in [4.69, 9.17) is 9.84 Å². The predicted molar refractivity (Wildman–Crippen MR) is 121 cm³/mol. The minimum Gasteiger partial charge on any atom is -0.508 e. The van der Waals surface area contributed by atoms with Crippen LogP contribution >= 0.6 is 11.3 Å². The van der Waals surface area contributed by atoms with Crippen LogP contribution in [-0.2, 0) is 4.79 Å². The number of carbonyl (C=O) groups is 2. The molecule has 1 aromatic heterocycles. The zero-order valence-electron chi connectivity index (χ0n) is 16.8. The number of aryl methyl sites for hydroxylation is 1. The summed E-state index contributed by atoms with van der Waals surface area (Å²) >= 11 is 1.16. The van der Waals surface area contributed by atoms with Crippen LogP contribution in [0.1, 0.15) is 26.4 Å². The average Bonchev–Trinajstić information content (AvgIpc) is 3.11. The molecule has 5 nitrogen and oxygen atoms in total. The molecule has 0 saturated heterocycles. The van der Waals surface area contributed by atoms with Crippen LogP contribution in [-0.4, -0.2) is 22.0 Å². The van der Waals surface area contributed by atoms with E-state index in [1.54, 1.807) is 49.4 Å². The monoisotopic (exact) mass is 448 g/mol. The summed E-state index contributed by atoms with van der Waals surface area (Å²) in [5.41, 5.74) is 1.54. The second-order valence-corrected chi connectivity index (χ2v) is 8.12. The van der Waals surface area contributed by atoms with Crippen LogP contribution in [0.2, 0.25) is 0 Å². The van der Waals surface area contributed by atoms with E-state index >= 15 is 0 Å². The normalized spacial score (nSPS) is 11.2. The molecule has 0 bridgehead atoms. The molecule has 0 aliphatic carbocycles. The fourth-order valence-corrected chi connectivity index (χ4v) is 4.32. The lowest BCUT2D eigenvalue weighted by Gasteiger charge is -2.09. The van der Waals surface area contributed by atoms with Crippen molar-refractivity contribution in [2.24, 2.45) is 0 Å². The lowest BCUT2D eigenvalue weighted by molar-refractivity contribution is -0.131. The lowest BCUT2D eigenvalue weighted by atomic mass is 10.0. The third kappa shape index (κ3) is 4.38.